The van der Waals surface area contributed by atoms with Crippen molar-refractivity contribution in [2.24, 2.45) is 11.8 Å². The summed E-state index contributed by atoms with van der Waals surface area (Å²) in [6.07, 6.45) is 5.16. The summed E-state index contributed by atoms with van der Waals surface area (Å²) < 4.78 is 2.80. The van der Waals surface area contributed by atoms with Crippen molar-refractivity contribution in [3.05, 3.63) is 28.0 Å². The van der Waals surface area contributed by atoms with Crippen molar-refractivity contribution < 1.29 is 4.79 Å². The average Bonchev–Trinajstić information content (AvgIpc) is 3.17. The average molecular weight is 347 g/mol. The summed E-state index contributed by atoms with van der Waals surface area (Å²) in [4.78, 5) is 26.7. The van der Waals surface area contributed by atoms with Crippen LogP contribution in [-0.4, -0.2) is 43.7 Å². The van der Waals surface area contributed by atoms with E-state index in [9.17, 15) is 9.59 Å². The minimum Gasteiger partial charge on any atom is -0.342 e. The molecule has 1 amide bonds. The van der Waals surface area contributed by atoms with Crippen molar-refractivity contribution >= 4 is 17.2 Å². The van der Waals surface area contributed by atoms with Crippen molar-refractivity contribution in [2.75, 3.05) is 13.1 Å². The molecule has 2 aromatic rings. The third-order valence-electron chi connectivity index (χ3n) is 5.17. The Morgan fingerprint density at radius 1 is 1.21 bits per heavy atom. The fraction of sp³-hybridized carbons (Fsp3) is 0.625. The normalized spacial score (nSPS) is 19.4. The SMILES string of the molecule is O=C(C1CCC1)N1CCC(Cn2nnn(-c3cccs3)c2=O)CC1. The maximum atomic E-state index is 12.4. The Bertz CT molecular complexity index is 754. The standard InChI is InChI=1S/C16H21N5O2S/c22-15(13-3-1-4-13)19-8-6-12(7-9-19)11-20-16(23)21(18-17-20)14-5-2-10-24-14/h2,5,10,12-13H,1,3-4,6-9,11H2. The van der Waals surface area contributed by atoms with Gasteiger partial charge in [-0.1, -0.05) is 6.42 Å². The van der Waals surface area contributed by atoms with Crippen LogP contribution in [-0.2, 0) is 11.3 Å². The molecule has 0 spiro atoms. The summed E-state index contributed by atoms with van der Waals surface area (Å²) in [6, 6.07) is 3.75. The first-order valence-electron chi connectivity index (χ1n) is 8.58. The number of amides is 1. The molecule has 1 aliphatic heterocycles. The molecule has 0 unspecified atom stereocenters. The van der Waals surface area contributed by atoms with Crippen LogP contribution in [0.15, 0.2) is 22.3 Å². The number of thiophene rings is 1. The molecular weight excluding hydrogens is 326 g/mol. The first-order valence-corrected chi connectivity index (χ1v) is 9.46. The molecule has 1 saturated heterocycles. The maximum Gasteiger partial charge on any atom is 0.369 e. The van der Waals surface area contributed by atoms with E-state index in [1.165, 1.54) is 27.1 Å². The highest BCUT2D eigenvalue weighted by Crippen LogP contribution is 2.30. The van der Waals surface area contributed by atoms with Gasteiger partial charge in [0.05, 0.1) is 6.54 Å². The number of piperidine rings is 1. The first kappa shape index (κ1) is 15.6. The maximum absolute atomic E-state index is 12.4. The number of likely N-dealkylation sites (tertiary alicyclic amines) is 1. The van der Waals surface area contributed by atoms with Crippen LogP contribution in [0.4, 0.5) is 0 Å². The van der Waals surface area contributed by atoms with Crippen LogP contribution >= 0.6 is 11.3 Å². The molecule has 0 aromatic carbocycles. The number of carbonyl (C=O) groups is 1. The molecule has 0 atom stereocenters. The van der Waals surface area contributed by atoms with E-state index in [0.29, 0.717) is 18.4 Å². The summed E-state index contributed by atoms with van der Waals surface area (Å²) in [5.41, 5.74) is -0.189. The van der Waals surface area contributed by atoms with Gasteiger partial charge in [-0.15, -0.1) is 11.3 Å². The molecule has 3 heterocycles. The molecule has 7 nitrogen and oxygen atoms in total. The van der Waals surface area contributed by atoms with Crippen molar-refractivity contribution in [3.63, 3.8) is 0 Å². The van der Waals surface area contributed by atoms with Gasteiger partial charge in [-0.05, 0) is 59.5 Å². The Kier molecular flexibility index (Phi) is 4.22. The van der Waals surface area contributed by atoms with Gasteiger partial charge in [-0.2, -0.15) is 9.36 Å². The summed E-state index contributed by atoms with van der Waals surface area (Å²) in [5, 5.41) is 10.7. The van der Waals surface area contributed by atoms with Crippen molar-refractivity contribution in [1.29, 1.82) is 0 Å². The molecule has 0 radical (unpaired) electrons. The van der Waals surface area contributed by atoms with Crippen LogP contribution in [0.3, 0.4) is 0 Å². The molecule has 0 N–H and O–H groups in total. The Labute approximate surface area is 143 Å². The van der Waals surface area contributed by atoms with Crippen LogP contribution in [0.1, 0.15) is 32.1 Å². The number of nitrogens with zero attached hydrogens (tertiary/aromatic N) is 5. The number of aromatic nitrogens is 4. The van der Waals surface area contributed by atoms with Gasteiger partial charge in [0.25, 0.3) is 0 Å². The minimum absolute atomic E-state index is 0.189. The smallest absolute Gasteiger partial charge is 0.342 e. The number of carbonyl (C=O) groups excluding carboxylic acids is 1. The minimum atomic E-state index is -0.189. The predicted molar refractivity (Wildman–Crippen MR) is 90.1 cm³/mol. The van der Waals surface area contributed by atoms with Gasteiger partial charge in [0.1, 0.15) is 5.00 Å². The van der Waals surface area contributed by atoms with Gasteiger partial charge in [0.2, 0.25) is 5.91 Å². The number of hydrogen-bond donors (Lipinski definition) is 0. The molecule has 1 saturated carbocycles. The number of rotatable bonds is 4. The van der Waals surface area contributed by atoms with Crippen LogP contribution < -0.4 is 5.69 Å². The molecule has 1 aliphatic carbocycles. The van der Waals surface area contributed by atoms with Crippen LogP contribution in [0.2, 0.25) is 0 Å². The largest absolute Gasteiger partial charge is 0.369 e. The van der Waals surface area contributed by atoms with Crippen LogP contribution in [0, 0.1) is 11.8 Å². The topological polar surface area (TPSA) is 73.0 Å². The number of hydrogen-bond acceptors (Lipinski definition) is 5. The summed E-state index contributed by atoms with van der Waals surface area (Å²) in [7, 11) is 0. The van der Waals surface area contributed by atoms with Gasteiger partial charge in [0, 0.05) is 19.0 Å². The third kappa shape index (κ3) is 2.90. The monoisotopic (exact) mass is 347 g/mol. The molecular formula is C16H21N5O2S. The lowest BCUT2D eigenvalue weighted by Crippen LogP contribution is -2.44. The van der Waals surface area contributed by atoms with Gasteiger partial charge in [0.15, 0.2) is 0 Å². The number of tetrazole rings is 1. The summed E-state index contributed by atoms with van der Waals surface area (Å²) >= 11 is 1.47. The van der Waals surface area contributed by atoms with E-state index in [0.717, 1.165) is 43.8 Å². The highest BCUT2D eigenvalue weighted by atomic mass is 32.1. The van der Waals surface area contributed by atoms with E-state index in [4.69, 9.17) is 0 Å². The highest BCUT2D eigenvalue weighted by molar-refractivity contribution is 7.12. The van der Waals surface area contributed by atoms with E-state index in [-0.39, 0.29) is 11.6 Å². The predicted octanol–water partition coefficient (Wildman–Crippen LogP) is 1.53. The Morgan fingerprint density at radius 3 is 2.62 bits per heavy atom. The first-order chi connectivity index (χ1) is 11.7. The quantitative estimate of drug-likeness (QED) is 0.841. The van der Waals surface area contributed by atoms with Crippen molar-refractivity contribution in [1.82, 2.24) is 24.7 Å². The van der Waals surface area contributed by atoms with Crippen LogP contribution in [0.25, 0.3) is 5.00 Å². The van der Waals surface area contributed by atoms with Gasteiger partial charge >= 0.3 is 5.69 Å². The van der Waals surface area contributed by atoms with Crippen LogP contribution in [0.5, 0.6) is 0 Å². The fourth-order valence-electron chi connectivity index (χ4n) is 3.41. The second-order valence-corrected chi connectivity index (χ2v) is 7.63. The van der Waals surface area contributed by atoms with Gasteiger partial charge in [-0.3, -0.25) is 4.79 Å². The molecule has 24 heavy (non-hydrogen) atoms. The Hall–Kier alpha value is -1.96. The second-order valence-electron chi connectivity index (χ2n) is 6.70. The molecule has 2 aromatic heterocycles. The lowest BCUT2D eigenvalue weighted by molar-refractivity contribution is -0.139. The molecule has 4 rings (SSSR count). The van der Waals surface area contributed by atoms with Gasteiger partial charge < -0.3 is 4.90 Å². The molecule has 0 bridgehead atoms. The highest BCUT2D eigenvalue weighted by Gasteiger charge is 2.31. The van der Waals surface area contributed by atoms with E-state index >= 15 is 0 Å². The Morgan fingerprint density at radius 2 is 2.00 bits per heavy atom. The second kappa shape index (κ2) is 6.51. The summed E-state index contributed by atoms with van der Waals surface area (Å²) in [5.74, 6) is 0.983. The zero-order valence-electron chi connectivity index (χ0n) is 13.5. The van der Waals surface area contributed by atoms with Crippen molar-refractivity contribution in [2.45, 2.75) is 38.6 Å². The van der Waals surface area contributed by atoms with E-state index in [2.05, 4.69) is 10.4 Å². The molecule has 8 heteroatoms. The van der Waals surface area contributed by atoms with Gasteiger partial charge in [-0.25, -0.2) is 4.79 Å². The van der Waals surface area contributed by atoms with E-state index < -0.39 is 0 Å². The molecule has 128 valence electrons. The third-order valence-corrected chi connectivity index (χ3v) is 6.01. The van der Waals surface area contributed by atoms with E-state index in [1.54, 1.807) is 0 Å². The van der Waals surface area contributed by atoms with Crippen molar-refractivity contribution in [3.8, 4) is 5.00 Å². The Balaban J connectivity index is 1.36. The fourth-order valence-corrected chi connectivity index (χ4v) is 4.08. The zero-order chi connectivity index (χ0) is 16.5. The molecule has 2 fully saturated rings. The lowest BCUT2D eigenvalue weighted by atomic mass is 9.83. The molecule has 2 aliphatic rings. The zero-order valence-corrected chi connectivity index (χ0v) is 14.3. The summed E-state index contributed by atoms with van der Waals surface area (Å²) in [6.45, 7) is 2.18. The van der Waals surface area contributed by atoms with E-state index in [1.807, 2.05) is 22.4 Å². The lowest BCUT2D eigenvalue weighted by Gasteiger charge is -2.36.